The smallest absolute Gasteiger partial charge is 0.269 e. The minimum Gasteiger partial charge on any atom is -0.369 e. The zero-order valence-electron chi connectivity index (χ0n) is 14.2. The molecule has 0 bridgehead atoms. The van der Waals surface area contributed by atoms with E-state index in [-0.39, 0.29) is 10.6 Å². The number of anilines is 1. The van der Waals surface area contributed by atoms with Gasteiger partial charge in [0.1, 0.15) is 0 Å². The predicted molar refractivity (Wildman–Crippen MR) is 96.5 cm³/mol. The second-order valence-electron chi connectivity index (χ2n) is 6.41. The molecule has 1 saturated heterocycles. The maximum absolute atomic E-state index is 10.7. The summed E-state index contributed by atoms with van der Waals surface area (Å²) < 4.78 is 0. The number of non-ortho nitro benzene ring substituents is 1. The van der Waals surface area contributed by atoms with Crippen LogP contribution in [0.3, 0.4) is 0 Å². The van der Waals surface area contributed by atoms with Crippen LogP contribution in [0.1, 0.15) is 16.7 Å². The van der Waals surface area contributed by atoms with E-state index >= 15 is 0 Å². The molecule has 0 atom stereocenters. The van der Waals surface area contributed by atoms with Gasteiger partial charge < -0.3 is 4.90 Å². The van der Waals surface area contributed by atoms with Crippen LogP contribution in [0.2, 0.25) is 0 Å². The summed E-state index contributed by atoms with van der Waals surface area (Å²) >= 11 is 0. The Morgan fingerprint density at radius 3 is 2.29 bits per heavy atom. The number of hydrogen-bond donors (Lipinski definition) is 0. The van der Waals surface area contributed by atoms with Crippen molar-refractivity contribution in [2.75, 3.05) is 31.1 Å². The summed E-state index contributed by atoms with van der Waals surface area (Å²) in [6, 6.07) is 13.4. The third-order valence-electron chi connectivity index (χ3n) is 4.84. The molecule has 0 spiro atoms. The summed E-state index contributed by atoms with van der Waals surface area (Å²) in [6.45, 7) is 9.22. The van der Waals surface area contributed by atoms with E-state index in [1.54, 1.807) is 12.1 Å². The normalized spacial score (nSPS) is 15.5. The fourth-order valence-corrected chi connectivity index (χ4v) is 3.21. The third-order valence-corrected chi connectivity index (χ3v) is 4.84. The van der Waals surface area contributed by atoms with Gasteiger partial charge in [-0.3, -0.25) is 15.0 Å². The van der Waals surface area contributed by atoms with Crippen LogP contribution in [0, 0.1) is 24.0 Å². The molecule has 0 saturated carbocycles. The number of piperazine rings is 1. The van der Waals surface area contributed by atoms with Crippen molar-refractivity contribution in [3.05, 3.63) is 69.3 Å². The van der Waals surface area contributed by atoms with E-state index in [9.17, 15) is 10.1 Å². The van der Waals surface area contributed by atoms with E-state index < -0.39 is 0 Å². The predicted octanol–water partition coefficient (Wildman–Crippen LogP) is 3.53. The molecule has 0 aliphatic carbocycles. The molecular weight excluding hydrogens is 302 g/mol. The maximum atomic E-state index is 10.7. The minimum absolute atomic E-state index is 0.151. The molecule has 1 aliphatic heterocycles. The lowest BCUT2D eigenvalue weighted by Crippen LogP contribution is -2.46. The zero-order valence-corrected chi connectivity index (χ0v) is 14.2. The fourth-order valence-electron chi connectivity index (χ4n) is 3.21. The highest BCUT2D eigenvalue weighted by Gasteiger charge is 2.19. The number of aryl methyl sites for hydroxylation is 1. The molecule has 0 aromatic heterocycles. The van der Waals surface area contributed by atoms with Crippen molar-refractivity contribution in [3.63, 3.8) is 0 Å². The Bertz CT molecular complexity index is 720. The van der Waals surface area contributed by atoms with Crippen LogP contribution in [0.25, 0.3) is 0 Å². The van der Waals surface area contributed by atoms with E-state index in [1.807, 2.05) is 12.1 Å². The van der Waals surface area contributed by atoms with Gasteiger partial charge in [-0.25, -0.2) is 0 Å². The van der Waals surface area contributed by atoms with Gasteiger partial charge >= 0.3 is 0 Å². The number of rotatable bonds is 4. The van der Waals surface area contributed by atoms with Gasteiger partial charge in [0.05, 0.1) is 4.92 Å². The van der Waals surface area contributed by atoms with Crippen LogP contribution in [-0.2, 0) is 6.54 Å². The minimum atomic E-state index is -0.354. The van der Waals surface area contributed by atoms with Crippen LogP contribution in [-0.4, -0.2) is 36.0 Å². The van der Waals surface area contributed by atoms with E-state index in [4.69, 9.17) is 0 Å². The fraction of sp³-hybridized carbons (Fsp3) is 0.368. The average Bonchev–Trinajstić information content (AvgIpc) is 2.59. The van der Waals surface area contributed by atoms with E-state index in [0.29, 0.717) is 0 Å². The first-order valence-corrected chi connectivity index (χ1v) is 8.31. The largest absolute Gasteiger partial charge is 0.369 e. The Hall–Kier alpha value is -2.40. The summed E-state index contributed by atoms with van der Waals surface area (Å²) in [7, 11) is 0. The molecule has 126 valence electrons. The van der Waals surface area contributed by atoms with E-state index in [2.05, 4.69) is 41.8 Å². The molecule has 1 aliphatic rings. The zero-order chi connectivity index (χ0) is 17.1. The topological polar surface area (TPSA) is 49.6 Å². The molecule has 2 aromatic rings. The van der Waals surface area contributed by atoms with Crippen LogP contribution >= 0.6 is 0 Å². The average molecular weight is 325 g/mol. The Morgan fingerprint density at radius 2 is 1.67 bits per heavy atom. The van der Waals surface area contributed by atoms with Crippen LogP contribution in [0.5, 0.6) is 0 Å². The van der Waals surface area contributed by atoms with Gasteiger partial charge in [-0.15, -0.1) is 0 Å². The van der Waals surface area contributed by atoms with Crippen molar-refractivity contribution < 1.29 is 4.92 Å². The molecule has 0 radical (unpaired) electrons. The monoisotopic (exact) mass is 325 g/mol. The van der Waals surface area contributed by atoms with Crippen LogP contribution in [0.15, 0.2) is 42.5 Å². The van der Waals surface area contributed by atoms with E-state index in [0.717, 1.165) is 38.3 Å². The Labute approximate surface area is 142 Å². The molecule has 1 heterocycles. The summed E-state index contributed by atoms with van der Waals surface area (Å²) in [5, 5.41) is 10.7. The number of nitro groups is 1. The Balaban J connectivity index is 1.59. The molecule has 24 heavy (non-hydrogen) atoms. The summed E-state index contributed by atoms with van der Waals surface area (Å²) in [5.41, 5.74) is 5.31. The maximum Gasteiger partial charge on any atom is 0.269 e. The Kier molecular flexibility index (Phi) is 4.81. The SMILES string of the molecule is Cc1cccc(N2CCN(Cc3ccc([N+](=O)[O-])cc3)CC2)c1C. The third kappa shape index (κ3) is 3.57. The first-order valence-electron chi connectivity index (χ1n) is 8.31. The van der Waals surface area contributed by atoms with Crippen molar-refractivity contribution in [2.45, 2.75) is 20.4 Å². The van der Waals surface area contributed by atoms with Gasteiger partial charge in [0.2, 0.25) is 0 Å². The van der Waals surface area contributed by atoms with Gasteiger partial charge in [-0.2, -0.15) is 0 Å². The first kappa shape index (κ1) is 16.5. The summed E-state index contributed by atoms with van der Waals surface area (Å²) in [5.74, 6) is 0. The number of benzene rings is 2. The van der Waals surface area contributed by atoms with Gasteiger partial charge in [-0.1, -0.05) is 24.3 Å². The molecule has 0 amide bonds. The van der Waals surface area contributed by atoms with Crippen molar-refractivity contribution in [2.24, 2.45) is 0 Å². The summed E-state index contributed by atoms with van der Waals surface area (Å²) in [6.07, 6.45) is 0. The van der Waals surface area contributed by atoms with Crippen molar-refractivity contribution in [1.29, 1.82) is 0 Å². The number of hydrogen-bond acceptors (Lipinski definition) is 4. The lowest BCUT2D eigenvalue weighted by atomic mass is 10.1. The highest BCUT2D eigenvalue weighted by molar-refractivity contribution is 5.56. The van der Waals surface area contributed by atoms with Gasteiger partial charge in [0.15, 0.2) is 0 Å². The molecule has 0 N–H and O–H groups in total. The van der Waals surface area contributed by atoms with Gasteiger partial charge in [-0.05, 0) is 36.6 Å². The van der Waals surface area contributed by atoms with Crippen molar-refractivity contribution >= 4 is 11.4 Å². The number of nitro benzene ring substituents is 1. The molecule has 5 heteroatoms. The lowest BCUT2D eigenvalue weighted by molar-refractivity contribution is -0.384. The van der Waals surface area contributed by atoms with Crippen LogP contribution in [0.4, 0.5) is 11.4 Å². The molecular formula is C19H23N3O2. The van der Waals surface area contributed by atoms with Crippen molar-refractivity contribution in [3.8, 4) is 0 Å². The Morgan fingerprint density at radius 1 is 1.00 bits per heavy atom. The van der Waals surface area contributed by atoms with Crippen molar-refractivity contribution in [1.82, 2.24) is 4.90 Å². The molecule has 5 nitrogen and oxygen atoms in total. The van der Waals surface area contributed by atoms with Gasteiger partial charge in [0, 0.05) is 50.5 Å². The lowest BCUT2D eigenvalue weighted by Gasteiger charge is -2.37. The van der Waals surface area contributed by atoms with Gasteiger partial charge in [0.25, 0.3) is 5.69 Å². The number of nitrogens with zero attached hydrogens (tertiary/aromatic N) is 3. The van der Waals surface area contributed by atoms with E-state index in [1.165, 1.54) is 16.8 Å². The second kappa shape index (κ2) is 7.01. The highest BCUT2D eigenvalue weighted by atomic mass is 16.6. The quantitative estimate of drug-likeness (QED) is 0.637. The highest BCUT2D eigenvalue weighted by Crippen LogP contribution is 2.24. The first-order chi connectivity index (χ1) is 11.5. The molecule has 3 rings (SSSR count). The molecule has 1 fully saturated rings. The molecule has 2 aromatic carbocycles. The standard InChI is InChI=1S/C19H23N3O2/c1-15-4-3-5-19(16(15)2)21-12-10-20(11-13-21)14-17-6-8-18(9-7-17)22(23)24/h3-9H,10-14H2,1-2H3. The second-order valence-corrected chi connectivity index (χ2v) is 6.41. The molecule has 0 unspecified atom stereocenters. The summed E-state index contributed by atoms with van der Waals surface area (Å²) in [4.78, 5) is 15.2. The van der Waals surface area contributed by atoms with Crippen LogP contribution < -0.4 is 4.90 Å².